The summed E-state index contributed by atoms with van der Waals surface area (Å²) in [5.74, 6) is 1.06. The molecule has 0 spiro atoms. The molecule has 0 radical (unpaired) electrons. The van der Waals surface area contributed by atoms with E-state index < -0.39 is 5.60 Å². The van der Waals surface area contributed by atoms with Gasteiger partial charge in [0.25, 0.3) is 0 Å². The van der Waals surface area contributed by atoms with Crippen LogP contribution in [0.1, 0.15) is 20.8 Å². The second-order valence-electron chi connectivity index (χ2n) is 7.36. The van der Waals surface area contributed by atoms with E-state index in [2.05, 4.69) is 5.32 Å². The van der Waals surface area contributed by atoms with E-state index in [1.165, 1.54) is 0 Å². The molecule has 1 aliphatic heterocycles. The first-order valence-electron chi connectivity index (χ1n) is 8.94. The first kappa shape index (κ1) is 20.8. The Balaban J connectivity index is 1.85. The van der Waals surface area contributed by atoms with E-state index in [9.17, 15) is 9.59 Å². The minimum absolute atomic E-state index is 0.146. The molecule has 8 heteroatoms. The average Bonchev–Trinajstić information content (AvgIpc) is 2.60. The average molecular weight is 379 g/mol. The van der Waals surface area contributed by atoms with Crippen molar-refractivity contribution in [3.63, 3.8) is 0 Å². The Hall–Kier alpha value is -2.48. The van der Waals surface area contributed by atoms with Crippen LogP contribution in [0.3, 0.4) is 0 Å². The van der Waals surface area contributed by atoms with Crippen molar-refractivity contribution in [2.45, 2.75) is 26.4 Å². The summed E-state index contributed by atoms with van der Waals surface area (Å²) in [6.45, 7) is 8.07. The highest BCUT2D eigenvalue weighted by molar-refractivity contribution is 5.94. The van der Waals surface area contributed by atoms with Crippen LogP contribution in [0.5, 0.6) is 11.5 Å². The van der Waals surface area contributed by atoms with Gasteiger partial charge in [0.05, 0.1) is 26.5 Å². The molecule has 27 heavy (non-hydrogen) atoms. The van der Waals surface area contributed by atoms with Crippen molar-refractivity contribution in [1.29, 1.82) is 0 Å². The molecule has 8 nitrogen and oxygen atoms in total. The van der Waals surface area contributed by atoms with Gasteiger partial charge in [-0.25, -0.2) is 4.79 Å². The summed E-state index contributed by atoms with van der Waals surface area (Å²) in [4.78, 5) is 28.2. The van der Waals surface area contributed by atoms with Crippen LogP contribution >= 0.6 is 0 Å². The predicted molar refractivity (Wildman–Crippen MR) is 102 cm³/mol. The Labute approximate surface area is 160 Å². The number of nitrogens with one attached hydrogen (secondary N) is 1. The number of methoxy groups -OCH3 is 2. The van der Waals surface area contributed by atoms with Gasteiger partial charge in [-0.15, -0.1) is 0 Å². The largest absolute Gasteiger partial charge is 0.497 e. The Morgan fingerprint density at radius 2 is 1.74 bits per heavy atom. The third-order valence-electron chi connectivity index (χ3n) is 4.07. The molecule has 150 valence electrons. The molecule has 2 amide bonds. The third-order valence-corrected chi connectivity index (χ3v) is 4.07. The first-order valence-corrected chi connectivity index (χ1v) is 8.94. The van der Waals surface area contributed by atoms with Crippen LogP contribution < -0.4 is 14.8 Å². The summed E-state index contributed by atoms with van der Waals surface area (Å²) in [6, 6.07) is 5.23. The van der Waals surface area contributed by atoms with Crippen LogP contribution in [0, 0.1) is 0 Å². The number of hydrogen-bond donors (Lipinski definition) is 1. The number of carbonyl (C=O) groups is 2. The van der Waals surface area contributed by atoms with Crippen LogP contribution in [0.25, 0.3) is 0 Å². The van der Waals surface area contributed by atoms with Crippen molar-refractivity contribution in [3.8, 4) is 11.5 Å². The van der Waals surface area contributed by atoms with Crippen molar-refractivity contribution in [2.24, 2.45) is 0 Å². The minimum Gasteiger partial charge on any atom is -0.497 e. The molecule has 0 aromatic heterocycles. The van der Waals surface area contributed by atoms with Gasteiger partial charge in [0, 0.05) is 32.2 Å². The number of ether oxygens (including phenoxy) is 3. The summed E-state index contributed by atoms with van der Waals surface area (Å²) in [6.07, 6.45) is -0.312. The van der Waals surface area contributed by atoms with Gasteiger partial charge in [-0.3, -0.25) is 9.69 Å². The van der Waals surface area contributed by atoms with E-state index in [0.717, 1.165) is 0 Å². The Bertz CT molecular complexity index is 664. The van der Waals surface area contributed by atoms with Crippen LogP contribution in [-0.4, -0.2) is 74.3 Å². The molecule has 1 saturated heterocycles. The number of carbonyl (C=O) groups excluding carboxylic acids is 2. The lowest BCUT2D eigenvalue weighted by Crippen LogP contribution is -2.51. The molecule has 0 saturated carbocycles. The first-order chi connectivity index (χ1) is 12.7. The van der Waals surface area contributed by atoms with Gasteiger partial charge in [0.15, 0.2) is 0 Å². The zero-order valence-corrected chi connectivity index (χ0v) is 16.7. The molecule has 1 heterocycles. The predicted octanol–water partition coefficient (Wildman–Crippen LogP) is 2.19. The molecule has 1 aromatic rings. The highest BCUT2D eigenvalue weighted by atomic mass is 16.6. The fraction of sp³-hybridized carbons (Fsp3) is 0.579. The smallest absolute Gasteiger partial charge is 0.410 e. The normalized spacial score (nSPS) is 15.2. The zero-order valence-electron chi connectivity index (χ0n) is 16.7. The molecule has 0 atom stereocenters. The van der Waals surface area contributed by atoms with Crippen LogP contribution in [-0.2, 0) is 9.53 Å². The molecular formula is C19H29N3O5. The lowest BCUT2D eigenvalue weighted by molar-refractivity contribution is -0.117. The topological polar surface area (TPSA) is 80.3 Å². The van der Waals surface area contributed by atoms with Crippen molar-refractivity contribution in [2.75, 3.05) is 52.3 Å². The van der Waals surface area contributed by atoms with Crippen molar-refractivity contribution >= 4 is 17.7 Å². The number of anilines is 1. The SMILES string of the molecule is COc1ccc(OC)c(NC(=O)CN2CCN(C(=O)OC(C)(C)C)CC2)c1. The Morgan fingerprint density at radius 3 is 2.30 bits per heavy atom. The Morgan fingerprint density at radius 1 is 1.07 bits per heavy atom. The summed E-state index contributed by atoms with van der Waals surface area (Å²) >= 11 is 0. The number of nitrogens with zero attached hydrogens (tertiary/aromatic N) is 2. The van der Waals surface area contributed by atoms with E-state index in [-0.39, 0.29) is 18.5 Å². The van der Waals surface area contributed by atoms with Gasteiger partial charge in [-0.1, -0.05) is 0 Å². The molecule has 1 fully saturated rings. The van der Waals surface area contributed by atoms with Crippen molar-refractivity contribution < 1.29 is 23.8 Å². The lowest BCUT2D eigenvalue weighted by Gasteiger charge is -2.35. The molecule has 1 N–H and O–H groups in total. The molecule has 2 rings (SSSR count). The maximum Gasteiger partial charge on any atom is 0.410 e. The monoisotopic (exact) mass is 379 g/mol. The second-order valence-corrected chi connectivity index (χ2v) is 7.36. The van der Waals surface area contributed by atoms with E-state index in [4.69, 9.17) is 14.2 Å². The highest BCUT2D eigenvalue weighted by Crippen LogP contribution is 2.28. The van der Waals surface area contributed by atoms with E-state index in [0.29, 0.717) is 43.4 Å². The van der Waals surface area contributed by atoms with Crippen molar-refractivity contribution in [1.82, 2.24) is 9.80 Å². The van der Waals surface area contributed by atoms with Gasteiger partial charge in [0.1, 0.15) is 17.1 Å². The van der Waals surface area contributed by atoms with Crippen LogP contribution in [0.2, 0.25) is 0 Å². The molecule has 0 aliphatic carbocycles. The number of hydrogen-bond acceptors (Lipinski definition) is 6. The summed E-state index contributed by atoms with van der Waals surface area (Å²) in [7, 11) is 3.12. The van der Waals surface area contributed by atoms with E-state index >= 15 is 0 Å². The molecule has 0 unspecified atom stereocenters. The number of rotatable bonds is 5. The van der Waals surface area contributed by atoms with Crippen LogP contribution in [0.15, 0.2) is 18.2 Å². The fourth-order valence-corrected chi connectivity index (χ4v) is 2.72. The zero-order chi connectivity index (χ0) is 20.0. The second kappa shape index (κ2) is 8.94. The quantitative estimate of drug-likeness (QED) is 0.845. The summed E-state index contributed by atoms with van der Waals surface area (Å²) in [5.41, 5.74) is 0.0541. The molecule has 1 aromatic carbocycles. The number of amides is 2. The third kappa shape index (κ3) is 6.32. The van der Waals surface area contributed by atoms with Gasteiger partial charge >= 0.3 is 6.09 Å². The summed E-state index contributed by atoms with van der Waals surface area (Å²) in [5, 5.41) is 2.86. The number of piperazine rings is 1. The maximum absolute atomic E-state index is 12.4. The van der Waals surface area contributed by atoms with Gasteiger partial charge in [0.2, 0.25) is 5.91 Å². The lowest BCUT2D eigenvalue weighted by atomic mass is 10.2. The van der Waals surface area contributed by atoms with Gasteiger partial charge in [-0.2, -0.15) is 0 Å². The van der Waals surface area contributed by atoms with Crippen LogP contribution in [0.4, 0.5) is 10.5 Å². The minimum atomic E-state index is -0.510. The fourth-order valence-electron chi connectivity index (χ4n) is 2.72. The van der Waals surface area contributed by atoms with Gasteiger partial charge in [-0.05, 0) is 32.9 Å². The van der Waals surface area contributed by atoms with E-state index in [1.807, 2.05) is 25.7 Å². The summed E-state index contributed by atoms with van der Waals surface area (Å²) < 4.78 is 15.8. The van der Waals surface area contributed by atoms with E-state index in [1.54, 1.807) is 37.3 Å². The standard InChI is InChI=1S/C19H29N3O5/c1-19(2,3)27-18(24)22-10-8-21(9-11-22)13-17(23)20-15-12-14(25-4)6-7-16(15)26-5/h6-7,12H,8-11,13H2,1-5H3,(H,20,23). The maximum atomic E-state index is 12.4. The van der Waals surface area contributed by atoms with Gasteiger partial charge < -0.3 is 24.4 Å². The molecule has 0 bridgehead atoms. The Kier molecular flexibility index (Phi) is 6.90. The molecular weight excluding hydrogens is 350 g/mol. The molecule has 1 aliphatic rings. The van der Waals surface area contributed by atoms with Crippen molar-refractivity contribution in [3.05, 3.63) is 18.2 Å². The number of benzene rings is 1. The highest BCUT2D eigenvalue weighted by Gasteiger charge is 2.26.